The second kappa shape index (κ2) is 29.7. The molecule has 0 bridgehead atoms. The first-order valence-electron chi connectivity index (χ1n) is 27.1. The van der Waals surface area contributed by atoms with Gasteiger partial charge in [0.2, 0.25) is 41.4 Å². The number of rotatable bonds is 18. The standard InChI is InChI=1S/C59H76N8O14/c1-7-34(4)50-56(78)65-51(35(5)68)59(81)67(57(79)47(72)32-39-20-26-42(71)27-21-39)45(28-29-48(60)73)54(76)62-44(30-38-18-24-41(70)25-19-38)53(75)61-43(15-11-14-36-16-22-40(69)23-17-36)52(74)63-49(33(2)3)58(80)66(6)46(55(77)64-50)31-37-12-9-8-10-13-37/h8-10,12-13,16-27,33-35,43-47,49-51,68-72H,7,11,14-15,28-32H2,1-6H3,(H2,60,73)(H,61,75)(H,62,76)(H,63,74)(H,64,77)(H,65,78)/t34-,35+,43-,44-,45-,46-,47?,49-,50-,51-/m0/s1. The Morgan fingerprint density at radius 3 is 1.59 bits per heavy atom. The molecule has 4 aromatic rings. The predicted molar refractivity (Wildman–Crippen MR) is 297 cm³/mol. The number of phenols is 3. The SMILES string of the molecule is CC[C@H](C)[C@@H]1NC(=O)[C@H](Cc2ccccc2)N(C)C(=O)[C@H](C(C)C)NC(=O)[C@H](CCCc2ccc(O)cc2)NC(=O)[C@H](Cc2ccc(O)cc2)NC(=O)[C@H](CCC(N)=O)N(C(=O)C(O)Cc2ccc(O)cc2)C(=O)[C@H]([C@@H](C)O)NC1=O. The normalized spacial score (nSPS) is 22.3. The van der Waals surface area contributed by atoms with Crippen LogP contribution in [0.5, 0.6) is 17.2 Å². The van der Waals surface area contributed by atoms with Gasteiger partial charge in [-0.1, -0.05) is 101 Å². The van der Waals surface area contributed by atoms with Gasteiger partial charge in [-0.3, -0.25) is 48.1 Å². The zero-order valence-electron chi connectivity index (χ0n) is 46.4. The Morgan fingerprint density at radius 2 is 1.05 bits per heavy atom. The lowest BCUT2D eigenvalue weighted by molar-refractivity contribution is -0.160. The van der Waals surface area contributed by atoms with Crippen LogP contribution in [-0.4, -0.2) is 150 Å². The van der Waals surface area contributed by atoms with Crippen LogP contribution in [0.2, 0.25) is 0 Å². The zero-order chi connectivity index (χ0) is 59.7. The van der Waals surface area contributed by atoms with Gasteiger partial charge in [0.1, 0.15) is 65.6 Å². The molecular weight excluding hydrogens is 1040 g/mol. The average Bonchev–Trinajstić information content (AvgIpc) is 3.57. The molecule has 4 aromatic carbocycles. The molecule has 1 heterocycles. The highest BCUT2D eigenvalue weighted by Crippen LogP contribution is 2.22. The fraction of sp³-hybridized carbons (Fsp3) is 0.441. The van der Waals surface area contributed by atoms with E-state index in [9.17, 15) is 59.1 Å². The van der Waals surface area contributed by atoms with Crippen LogP contribution in [-0.2, 0) is 68.8 Å². The van der Waals surface area contributed by atoms with Crippen LogP contribution in [0.1, 0.15) is 89.0 Å². The van der Waals surface area contributed by atoms with E-state index in [1.165, 1.54) is 67.7 Å². The highest BCUT2D eigenvalue weighted by atomic mass is 16.3. The molecule has 22 heteroatoms. The third-order valence-electron chi connectivity index (χ3n) is 14.4. The summed E-state index contributed by atoms with van der Waals surface area (Å²) >= 11 is 0. The monoisotopic (exact) mass is 1120 g/mol. The largest absolute Gasteiger partial charge is 0.508 e. The molecule has 22 nitrogen and oxygen atoms in total. The van der Waals surface area contributed by atoms with E-state index in [1.807, 2.05) is 0 Å². The van der Waals surface area contributed by atoms with E-state index in [0.717, 1.165) is 17.4 Å². The van der Waals surface area contributed by atoms with Crippen molar-refractivity contribution in [1.29, 1.82) is 0 Å². The van der Waals surface area contributed by atoms with Crippen molar-refractivity contribution in [1.82, 2.24) is 36.4 Å². The number of aromatic hydroxyl groups is 3. The number of nitrogens with zero attached hydrogens (tertiary/aromatic N) is 2. The Hall–Kier alpha value is -8.37. The third-order valence-corrected chi connectivity index (χ3v) is 14.4. The van der Waals surface area contributed by atoms with Crippen LogP contribution in [0, 0.1) is 11.8 Å². The van der Waals surface area contributed by atoms with Crippen LogP contribution >= 0.6 is 0 Å². The van der Waals surface area contributed by atoms with Gasteiger partial charge in [-0.2, -0.15) is 0 Å². The molecule has 5 rings (SSSR count). The number of carbonyl (C=O) groups is 9. The Kier molecular flexibility index (Phi) is 23.3. The van der Waals surface area contributed by atoms with Crippen LogP contribution < -0.4 is 32.3 Å². The maximum atomic E-state index is 15.3. The molecule has 1 aliphatic heterocycles. The topological polar surface area (TPSA) is 347 Å². The van der Waals surface area contributed by atoms with Crippen molar-refractivity contribution >= 4 is 53.2 Å². The maximum Gasteiger partial charge on any atom is 0.259 e. The predicted octanol–water partition coefficient (Wildman–Crippen LogP) is 1.55. The summed E-state index contributed by atoms with van der Waals surface area (Å²) in [6, 6.07) is 14.3. The molecule has 1 aliphatic rings. The van der Waals surface area contributed by atoms with Crippen molar-refractivity contribution in [2.45, 2.75) is 147 Å². The van der Waals surface area contributed by atoms with Crippen molar-refractivity contribution in [3.63, 3.8) is 0 Å². The molecule has 0 saturated carbocycles. The molecule has 0 spiro atoms. The summed E-state index contributed by atoms with van der Waals surface area (Å²) in [4.78, 5) is 134. The minimum atomic E-state index is -2.15. The maximum absolute atomic E-state index is 15.3. The molecule has 436 valence electrons. The smallest absolute Gasteiger partial charge is 0.259 e. The van der Waals surface area contributed by atoms with Gasteiger partial charge < -0.3 is 62.8 Å². The van der Waals surface area contributed by atoms with E-state index < -0.39 is 139 Å². The van der Waals surface area contributed by atoms with Gasteiger partial charge in [0.25, 0.3) is 11.8 Å². The number of nitrogens with two attached hydrogens (primary N) is 1. The van der Waals surface area contributed by atoms with E-state index in [4.69, 9.17) is 5.73 Å². The van der Waals surface area contributed by atoms with Crippen molar-refractivity contribution in [2.75, 3.05) is 7.05 Å². The van der Waals surface area contributed by atoms with E-state index in [-0.39, 0.29) is 59.8 Å². The Balaban J connectivity index is 1.74. The van der Waals surface area contributed by atoms with Gasteiger partial charge in [0.05, 0.1) is 6.10 Å². The second-order valence-electron chi connectivity index (χ2n) is 21.0. The first kappa shape index (κ1) is 63.5. The zero-order valence-corrected chi connectivity index (χ0v) is 46.4. The molecule has 10 atom stereocenters. The van der Waals surface area contributed by atoms with Gasteiger partial charge in [0, 0.05) is 32.7 Å². The number of carbonyl (C=O) groups excluding carboxylic acids is 9. The highest BCUT2D eigenvalue weighted by Gasteiger charge is 2.45. The van der Waals surface area contributed by atoms with E-state index >= 15 is 9.59 Å². The quantitative estimate of drug-likeness (QED) is 0.0674. The molecule has 9 amide bonds. The summed E-state index contributed by atoms with van der Waals surface area (Å²) < 4.78 is 0. The fourth-order valence-electron chi connectivity index (χ4n) is 9.35. The number of aliphatic hydroxyl groups is 2. The average molecular weight is 1120 g/mol. The van der Waals surface area contributed by atoms with Crippen molar-refractivity contribution in [3.8, 4) is 17.2 Å². The summed E-state index contributed by atoms with van der Waals surface area (Å²) in [5, 5.41) is 66.4. The minimum Gasteiger partial charge on any atom is -0.508 e. The molecule has 81 heavy (non-hydrogen) atoms. The van der Waals surface area contributed by atoms with Gasteiger partial charge >= 0.3 is 0 Å². The Bertz CT molecular complexity index is 2820. The van der Waals surface area contributed by atoms with Crippen LogP contribution in [0.3, 0.4) is 0 Å². The summed E-state index contributed by atoms with van der Waals surface area (Å²) in [5.74, 6) is -11.2. The van der Waals surface area contributed by atoms with E-state index in [1.54, 1.807) is 70.2 Å². The Morgan fingerprint density at radius 1 is 0.556 bits per heavy atom. The minimum absolute atomic E-state index is 0.0257. The summed E-state index contributed by atoms with van der Waals surface area (Å²) in [7, 11) is 1.37. The lowest BCUT2D eigenvalue weighted by Gasteiger charge is -2.36. The Labute approximate surface area is 470 Å². The van der Waals surface area contributed by atoms with Crippen LogP contribution in [0.4, 0.5) is 0 Å². The number of phenolic OH excluding ortho intramolecular Hbond substituents is 3. The second-order valence-corrected chi connectivity index (χ2v) is 21.0. The highest BCUT2D eigenvalue weighted by molar-refractivity contribution is 6.06. The molecule has 1 saturated heterocycles. The molecular formula is C59H76N8O14. The van der Waals surface area contributed by atoms with Crippen molar-refractivity contribution in [3.05, 3.63) is 125 Å². The number of imide groups is 1. The molecule has 1 unspecified atom stereocenters. The molecule has 0 aromatic heterocycles. The van der Waals surface area contributed by atoms with Gasteiger partial charge in [-0.15, -0.1) is 0 Å². The molecule has 12 N–H and O–H groups in total. The van der Waals surface area contributed by atoms with Gasteiger partial charge in [-0.25, -0.2) is 0 Å². The summed E-state index contributed by atoms with van der Waals surface area (Å²) in [6.07, 6.45) is -5.61. The number of primary amides is 1. The van der Waals surface area contributed by atoms with Crippen LogP contribution in [0.15, 0.2) is 103 Å². The number of nitrogens with one attached hydrogen (secondary N) is 5. The number of hydrogen-bond donors (Lipinski definition) is 11. The van der Waals surface area contributed by atoms with E-state index in [2.05, 4.69) is 26.6 Å². The molecule has 0 radical (unpaired) electrons. The van der Waals surface area contributed by atoms with Crippen molar-refractivity contribution < 1.29 is 68.7 Å². The summed E-state index contributed by atoms with van der Waals surface area (Å²) in [5.41, 5.74) is 7.62. The first-order valence-corrected chi connectivity index (χ1v) is 27.1. The van der Waals surface area contributed by atoms with Crippen molar-refractivity contribution in [2.24, 2.45) is 17.6 Å². The lowest BCUT2D eigenvalue weighted by atomic mass is 9.95. The number of aliphatic hydroxyl groups excluding tert-OH is 2. The fourth-order valence-corrected chi connectivity index (χ4v) is 9.35. The molecule has 1 fully saturated rings. The number of likely N-dealkylation sites (N-methyl/N-ethyl adjacent to an activating group) is 1. The lowest BCUT2D eigenvalue weighted by Crippen LogP contribution is -2.65. The number of hydrogen-bond acceptors (Lipinski definition) is 14. The van der Waals surface area contributed by atoms with Gasteiger partial charge in [-0.05, 0) is 103 Å². The third kappa shape index (κ3) is 18.1. The number of amides is 9. The molecule has 0 aliphatic carbocycles. The summed E-state index contributed by atoms with van der Waals surface area (Å²) in [6.45, 7) is 7.79. The van der Waals surface area contributed by atoms with Crippen LogP contribution in [0.25, 0.3) is 0 Å². The first-order chi connectivity index (χ1) is 38.4. The van der Waals surface area contributed by atoms with Gasteiger partial charge in [0.15, 0.2) is 0 Å². The number of benzene rings is 4. The number of aryl methyl sites for hydroxylation is 1. The van der Waals surface area contributed by atoms with E-state index in [0.29, 0.717) is 17.5 Å².